The number of esters is 2. The lowest BCUT2D eigenvalue weighted by Crippen LogP contribution is -2.51. The minimum atomic E-state index is -0.520. The number of piperazine rings is 1. The molecule has 0 saturated carbocycles. The highest BCUT2D eigenvalue weighted by molar-refractivity contribution is 8.00. The summed E-state index contributed by atoms with van der Waals surface area (Å²) in [5.74, 6) is -1.56. The van der Waals surface area contributed by atoms with Gasteiger partial charge in [-0.15, -0.1) is 11.8 Å². The van der Waals surface area contributed by atoms with E-state index in [1.165, 1.54) is 14.2 Å². The van der Waals surface area contributed by atoms with Crippen LogP contribution in [0.3, 0.4) is 0 Å². The molecule has 37 heavy (non-hydrogen) atoms. The maximum absolute atomic E-state index is 12.6. The van der Waals surface area contributed by atoms with Crippen LogP contribution >= 0.6 is 23.1 Å². The zero-order valence-corrected chi connectivity index (χ0v) is 22.4. The second-order valence-electron chi connectivity index (χ2n) is 7.79. The molecule has 0 aliphatic carbocycles. The molecule has 0 unspecified atom stereocenters. The van der Waals surface area contributed by atoms with Gasteiger partial charge in [-0.3, -0.25) is 14.4 Å². The van der Waals surface area contributed by atoms with Crippen molar-refractivity contribution in [2.45, 2.75) is 13.5 Å². The highest BCUT2D eigenvalue weighted by Gasteiger charge is 2.24. The predicted molar refractivity (Wildman–Crippen MR) is 136 cm³/mol. The number of carbonyl (C=O) groups excluding carboxylic acids is 5. The van der Waals surface area contributed by atoms with Crippen LogP contribution in [0.15, 0.2) is 23.2 Å². The van der Waals surface area contributed by atoms with Gasteiger partial charge in [0.15, 0.2) is 4.80 Å². The third-order valence-electron chi connectivity index (χ3n) is 5.45. The van der Waals surface area contributed by atoms with E-state index in [1.54, 1.807) is 39.5 Å². The minimum Gasteiger partial charge on any atom is -0.468 e. The number of ether oxygens (including phenoxy) is 3. The smallest absolute Gasteiger partial charge is 0.409 e. The Kier molecular flexibility index (Phi) is 10.1. The van der Waals surface area contributed by atoms with Crippen molar-refractivity contribution in [3.63, 3.8) is 0 Å². The first-order chi connectivity index (χ1) is 17.8. The molecule has 0 atom stereocenters. The van der Waals surface area contributed by atoms with Gasteiger partial charge in [0.05, 0.1) is 48.1 Å². The van der Waals surface area contributed by atoms with Gasteiger partial charge in [-0.05, 0) is 25.1 Å². The average Bonchev–Trinajstić information content (AvgIpc) is 3.23. The number of amides is 3. The first-order valence-electron chi connectivity index (χ1n) is 11.4. The normalized spacial score (nSPS) is 14.0. The monoisotopic (exact) mass is 552 g/mol. The number of aromatic nitrogens is 1. The Balaban J connectivity index is 1.64. The van der Waals surface area contributed by atoms with Gasteiger partial charge in [0.1, 0.15) is 6.54 Å². The summed E-state index contributed by atoms with van der Waals surface area (Å²) in [7, 11) is 2.54. The molecule has 0 radical (unpaired) electrons. The second-order valence-corrected chi connectivity index (χ2v) is 9.78. The highest BCUT2D eigenvalue weighted by Crippen LogP contribution is 2.20. The van der Waals surface area contributed by atoms with Crippen molar-refractivity contribution in [3.05, 3.63) is 28.6 Å². The van der Waals surface area contributed by atoms with Gasteiger partial charge in [0.25, 0.3) is 5.91 Å². The SMILES string of the molecule is CCOC(=O)N1CCN(C(=O)CSCC(=O)N=c2sc3cc(C(=O)OC)ccc3n2CC(=O)OC)CC1. The van der Waals surface area contributed by atoms with Gasteiger partial charge in [-0.1, -0.05) is 11.3 Å². The Hall–Kier alpha value is -3.39. The maximum Gasteiger partial charge on any atom is 0.409 e. The number of nitrogens with zero attached hydrogens (tertiary/aromatic N) is 4. The van der Waals surface area contributed by atoms with E-state index in [0.29, 0.717) is 48.6 Å². The van der Waals surface area contributed by atoms with Gasteiger partial charge >= 0.3 is 18.0 Å². The van der Waals surface area contributed by atoms with Crippen LogP contribution in [0, 0.1) is 0 Å². The van der Waals surface area contributed by atoms with Crippen LogP contribution in [-0.4, -0.2) is 103 Å². The van der Waals surface area contributed by atoms with Crippen LogP contribution in [0.1, 0.15) is 17.3 Å². The minimum absolute atomic E-state index is 0.0333. The molecule has 12 nitrogen and oxygen atoms in total. The van der Waals surface area contributed by atoms with Crippen molar-refractivity contribution in [2.75, 3.05) is 58.5 Å². The first kappa shape index (κ1) is 28.2. The fourth-order valence-corrected chi connectivity index (χ4v) is 5.34. The number of fused-ring (bicyclic) bond motifs is 1. The summed E-state index contributed by atoms with van der Waals surface area (Å²) in [5.41, 5.74) is 0.941. The summed E-state index contributed by atoms with van der Waals surface area (Å²) in [4.78, 5) is 68.4. The molecule has 2 aromatic rings. The number of hydrogen-bond donors (Lipinski definition) is 0. The van der Waals surface area contributed by atoms with Crippen molar-refractivity contribution < 1.29 is 38.2 Å². The first-order valence-corrected chi connectivity index (χ1v) is 13.4. The van der Waals surface area contributed by atoms with Crippen LogP contribution in [0.25, 0.3) is 10.2 Å². The Labute approximate surface area is 221 Å². The highest BCUT2D eigenvalue weighted by atomic mass is 32.2. The lowest BCUT2D eigenvalue weighted by molar-refractivity contribution is -0.141. The molecule has 1 saturated heterocycles. The van der Waals surface area contributed by atoms with E-state index in [4.69, 9.17) is 14.2 Å². The average molecular weight is 553 g/mol. The molecule has 0 N–H and O–H groups in total. The van der Waals surface area contributed by atoms with Gasteiger partial charge in [-0.25, -0.2) is 9.59 Å². The van der Waals surface area contributed by atoms with Crippen LogP contribution in [-0.2, 0) is 35.1 Å². The van der Waals surface area contributed by atoms with Crippen LogP contribution in [0.5, 0.6) is 0 Å². The van der Waals surface area contributed by atoms with Crippen molar-refractivity contribution in [3.8, 4) is 0 Å². The van der Waals surface area contributed by atoms with E-state index in [0.717, 1.165) is 23.1 Å². The number of benzene rings is 1. The molecule has 0 spiro atoms. The molecular weight excluding hydrogens is 524 g/mol. The van der Waals surface area contributed by atoms with E-state index in [-0.39, 0.29) is 34.9 Å². The van der Waals surface area contributed by atoms with Crippen molar-refractivity contribution in [2.24, 2.45) is 4.99 Å². The van der Waals surface area contributed by atoms with Gasteiger partial charge in [-0.2, -0.15) is 4.99 Å². The summed E-state index contributed by atoms with van der Waals surface area (Å²) >= 11 is 2.29. The van der Waals surface area contributed by atoms with Crippen molar-refractivity contribution >= 4 is 63.2 Å². The molecule has 3 amide bonds. The number of rotatable bonds is 8. The maximum atomic E-state index is 12.6. The molecule has 14 heteroatoms. The number of thiazole rings is 1. The lowest BCUT2D eigenvalue weighted by atomic mass is 10.2. The van der Waals surface area contributed by atoms with Gasteiger partial charge in [0, 0.05) is 26.2 Å². The number of thioether (sulfide) groups is 1. The third kappa shape index (κ3) is 7.32. The van der Waals surface area contributed by atoms with Crippen LogP contribution in [0.4, 0.5) is 4.79 Å². The fraction of sp³-hybridized carbons (Fsp3) is 0.478. The largest absolute Gasteiger partial charge is 0.468 e. The molecule has 200 valence electrons. The summed E-state index contributed by atoms with van der Waals surface area (Å²) in [6, 6.07) is 4.83. The summed E-state index contributed by atoms with van der Waals surface area (Å²) in [5, 5.41) is 0. The molecule has 1 aromatic carbocycles. The molecule has 1 aromatic heterocycles. The molecule has 1 aliphatic rings. The standard InChI is InChI=1S/C23H28N4O8S2/c1-4-35-23(32)26-9-7-25(8-10-26)19(29)14-36-13-18(28)24-22-27(12-20(30)33-2)16-6-5-15(21(31)34-3)11-17(16)37-22/h5-6,11H,4,7-10,12-14H2,1-3H3. The molecular formula is C23H28N4O8S2. The number of carbonyl (C=O) groups is 5. The predicted octanol–water partition coefficient (Wildman–Crippen LogP) is 1.12. The molecule has 1 aliphatic heterocycles. The Morgan fingerprint density at radius 3 is 2.35 bits per heavy atom. The van der Waals surface area contributed by atoms with Crippen molar-refractivity contribution in [1.82, 2.24) is 14.4 Å². The van der Waals surface area contributed by atoms with E-state index >= 15 is 0 Å². The topological polar surface area (TPSA) is 137 Å². The quantitative estimate of drug-likeness (QED) is 0.348. The lowest BCUT2D eigenvalue weighted by Gasteiger charge is -2.34. The fourth-order valence-electron chi connectivity index (χ4n) is 3.56. The number of hydrogen-bond acceptors (Lipinski definition) is 10. The Morgan fingerprint density at radius 2 is 1.70 bits per heavy atom. The summed E-state index contributed by atoms with van der Waals surface area (Å²) in [6.07, 6.45) is -0.386. The van der Waals surface area contributed by atoms with E-state index in [2.05, 4.69) is 4.99 Å². The zero-order valence-electron chi connectivity index (χ0n) is 20.8. The molecule has 3 rings (SSSR count). The summed E-state index contributed by atoms with van der Waals surface area (Å²) in [6.45, 7) is 3.47. The Morgan fingerprint density at radius 1 is 1.00 bits per heavy atom. The third-order valence-corrected chi connectivity index (χ3v) is 7.39. The van der Waals surface area contributed by atoms with Crippen molar-refractivity contribution in [1.29, 1.82) is 0 Å². The number of methoxy groups -OCH3 is 2. The summed E-state index contributed by atoms with van der Waals surface area (Å²) < 4.78 is 16.7. The zero-order chi connectivity index (χ0) is 26.9. The molecule has 2 heterocycles. The second kappa shape index (κ2) is 13.2. The molecule has 1 fully saturated rings. The van der Waals surface area contributed by atoms with Crippen LogP contribution in [0.2, 0.25) is 0 Å². The Bertz CT molecular complexity index is 1250. The van der Waals surface area contributed by atoms with E-state index in [9.17, 15) is 24.0 Å². The van der Waals surface area contributed by atoms with E-state index in [1.807, 2.05) is 0 Å². The van der Waals surface area contributed by atoms with E-state index < -0.39 is 17.8 Å². The van der Waals surface area contributed by atoms with Gasteiger partial charge in [0.2, 0.25) is 5.91 Å². The van der Waals surface area contributed by atoms with Gasteiger partial charge < -0.3 is 28.6 Å². The van der Waals surface area contributed by atoms with Crippen LogP contribution < -0.4 is 4.80 Å². The molecule has 0 bridgehead atoms.